The van der Waals surface area contributed by atoms with E-state index in [1.807, 2.05) is 6.07 Å². The van der Waals surface area contributed by atoms with Crippen molar-refractivity contribution in [1.82, 2.24) is 0 Å². The van der Waals surface area contributed by atoms with E-state index in [1.54, 1.807) is 24.3 Å². The minimum Gasteiger partial charge on any atom is -0.394 e. The predicted octanol–water partition coefficient (Wildman–Crippen LogP) is -4.32. The van der Waals surface area contributed by atoms with E-state index in [9.17, 15) is 46.0 Å². The molecule has 40 heavy (non-hydrogen) atoms. The Morgan fingerprint density at radius 3 is 1.93 bits per heavy atom. The fourth-order valence-corrected chi connectivity index (χ4v) is 4.92. The van der Waals surface area contributed by atoms with Crippen LogP contribution in [0.3, 0.4) is 0 Å². The van der Waals surface area contributed by atoms with Crippen LogP contribution >= 0.6 is 0 Å². The van der Waals surface area contributed by atoms with E-state index in [4.69, 9.17) is 28.4 Å². The highest BCUT2D eigenvalue weighted by atomic mass is 16.8. The zero-order valence-electron chi connectivity index (χ0n) is 21.6. The molecule has 0 bridgehead atoms. The van der Waals surface area contributed by atoms with Crippen LogP contribution < -0.4 is 0 Å². The van der Waals surface area contributed by atoms with Crippen LogP contribution in [0, 0.1) is 0 Å². The van der Waals surface area contributed by atoms with Crippen LogP contribution in [0.15, 0.2) is 30.3 Å². The smallest absolute Gasteiger partial charge is 0.187 e. The second kappa shape index (κ2) is 13.7. The summed E-state index contributed by atoms with van der Waals surface area (Å²) in [6.07, 6.45) is -22.9. The molecule has 3 fully saturated rings. The normalized spacial score (nSPS) is 46.3. The molecule has 15 heteroatoms. The van der Waals surface area contributed by atoms with Gasteiger partial charge in [0.2, 0.25) is 0 Å². The lowest BCUT2D eigenvalue weighted by atomic mass is 9.96. The van der Waals surface area contributed by atoms with Gasteiger partial charge in [-0.2, -0.15) is 0 Å². The van der Waals surface area contributed by atoms with Crippen molar-refractivity contribution in [1.29, 1.82) is 0 Å². The first-order valence-electron chi connectivity index (χ1n) is 13.0. The third-order valence-electron chi connectivity index (χ3n) is 7.31. The maximum Gasteiger partial charge on any atom is 0.187 e. The van der Waals surface area contributed by atoms with Crippen molar-refractivity contribution < 1.29 is 74.4 Å². The number of ether oxygens (including phenoxy) is 6. The van der Waals surface area contributed by atoms with Gasteiger partial charge in [0, 0.05) is 0 Å². The topological polar surface area (TPSA) is 237 Å². The van der Waals surface area contributed by atoms with Gasteiger partial charge in [-0.3, -0.25) is 0 Å². The Balaban J connectivity index is 1.57. The SMILES string of the molecule is CC1OC(OC2C(O)C(O)OC(CO)C2OC2OC(CO)C(O)C(O)C2O)C(OCc2ccccc2)C(O)C1O. The molecule has 0 amide bonds. The lowest BCUT2D eigenvalue weighted by molar-refractivity contribution is -0.384. The summed E-state index contributed by atoms with van der Waals surface area (Å²) >= 11 is 0. The average Bonchev–Trinajstić information content (AvgIpc) is 2.95. The Hall–Kier alpha value is -1.38. The molecule has 15 atom stereocenters. The van der Waals surface area contributed by atoms with Crippen LogP contribution in [0.5, 0.6) is 0 Å². The molecule has 3 aliphatic rings. The Morgan fingerprint density at radius 1 is 0.625 bits per heavy atom. The Morgan fingerprint density at radius 2 is 1.27 bits per heavy atom. The van der Waals surface area contributed by atoms with Crippen molar-refractivity contribution in [2.75, 3.05) is 13.2 Å². The summed E-state index contributed by atoms with van der Waals surface area (Å²) in [7, 11) is 0. The molecular weight excluding hydrogens is 540 g/mol. The number of hydrogen-bond acceptors (Lipinski definition) is 15. The van der Waals surface area contributed by atoms with Gasteiger partial charge in [-0.25, -0.2) is 0 Å². The highest BCUT2D eigenvalue weighted by Crippen LogP contribution is 2.33. The van der Waals surface area contributed by atoms with Gasteiger partial charge in [-0.15, -0.1) is 0 Å². The van der Waals surface area contributed by atoms with E-state index < -0.39 is 105 Å². The Kier molecular flexibility index (Phi) is 10.8. The van der Waals surface area contributed by atoms with Gasteiger partial charge in [0.05, 0.1) is 25.9 Å². The molecule has 1 aromatic rings. The molecule has 9 N–H and O–H groups in total. The maximum absolute atomic E-state index is 10.8. The lowest BCUT2D eigenvalue weighted by Crippen LogP contribution is -2.67. The van der Waals surface area contributed by atoms with Crippen LogP contribution in [-0.2, 0) is 35.0 Å². The van der Waals surface area contributed by atoms with E-state index >= 15 is 0 Å². The monoisotopic (exact) mass is 578 g/mol. The Bertz CT molecular complexity index is 907. The van der Waals surface area contributed by atoms with Crippen LogP contribution in [0.25, 0.3) is 0 Å². The van der Waals surface area contributed by atoms with Gasteiger partial charge in [0.25, 0.3) is 0 Å². The highest BCUT2D eigenvalue weighted by Gasteiger charge is 2.54. The van der Waals surface area contributed by atoms with Gasteiger partial charge in [0.15, 0.2) is 18.9 Å². The third kappa shape index (κ3) is 6.64. The molecule has 0 aliphatic carbocycles. The second-order valence-electron chi connectivity index (χ2n) is 10.1. The fourth-order valence-electron chi connectivity index (χ4n) is 4.92. The van der Waals surface area contributed by atoms with Crippen LogP contribution in [0.4, 0.5) is 0 Å². The van der Waals surface area contributed by atoms with Crippen LogP contribution in [-0.4, -0.2) is 151 Å². The van der Waals surface area contributed by atoms with Gasteiger partial charge in [-0.1, -0.05) is 30.3 Å². The maximum atomic E-state index is 10.8. The minimum absolute atomic E-state index is 0.00406. The molecule has 0 aromatic heterocycles. The second-order valence-corrected chi connectivity index (χ2v) is 10.1. The van der Waals surface area contributed by atoms with E-state index in [0.29, 0.717) is 0 Å². The average molecular weight is 579 g/mol. The minimum atomic E-state index is -1.86. The number of benzene rings is 1. The zero-order valence-corrected chi connectivity index (χ0v) is 21.6. The van der Waals surface area contributed by atoms with E-state index in [-0.39, 0.29) is 6.61 Å². The number of aliphatic hydroxyl groups excluding tert-OH is 9. The van der Waals surface area contributed by atoms with Crippen molar-refractivity contribution in [3.63, 3.8) is 0 Å². The first-order chi connectivity index (χ1) is 19.1. The summed E-state index contributed by atoms with van der Waals surface area (Å²) in [6, 6.07) is 8.93. The molecule has 228 valence electrons. The molecule has 0 saturated carbocycles. The highest BCUT2D eigenvalue weighted by molar-refractivity contribution is 5.13. The van der Waals surface area contributed by atoms with E-state index in [2.05, 4.69) is 0 Å². The van der Waals surface area contributed by atoms with Crippen LogP contribution in [0.1, 0.15) is 12.5 Å². The van der Waals surface area contributed by atoms with Gasteiger partial charge in [0.1, 0.15) is 67.1 Å². The quantitative estimate of drug-likeness (QED) is 0.135. The molecule has 1 aromatic carbocycles. The molecule has 0 radical (unpaired) electrons. The van der Waals surface area contributed by atoms with Crippen molar-refractivity contribution >= 4 is 0 Å². The van der Waals surface area contributed by atoms with Crippen molar-refractivity contribution in [3.8, 4) is 0 Å². The summed E-state index contributed by atoms with van der Waals surface area (Å²) in [5, 5.41) is 92.5. The molecule has 3 heterocycles. The predicted molar refractivity (Wildman–Crippen MR) is 129 cm³/mol. The number of rotatable bonds is 9. The van der Waals surface area contributed by atoms with Gasteiger partial charge < -0.3 is 74.4 Å². The lowest BCUT2D eigenvalue weighted by Gasteiger charge is -2.48. The van der Waals surface area contributed by atoms with Crippen LogP contribution in [0.2, 0.25) is 0 Å². The zero-order chi connectivity index (χ0) is 29.1. The number of aliphatic hydroxyl groups is 9. The molecule has 3 aliphatic heterocycles. The summed E-state index contributed by atoms with van der Waals surface area (Å²) in [6.45, 7) is -0.0185. The molecule has 3 saturated heterocycles. The van der Waals surface area contributed by atoms with E-state index in [1.165, 1.54) is 6.92 Å². The molecular formula is C25H38O15. The number of hydrogen-bond donors (Lipinski definition) is 9. The van der Waals surface area contributed by atoms with Crippen molar-refractivity contribution in [3.05, 3.63) is 35.9 Å². The Labute approximate surface area is 229 Å². The third-order valence-corrected chi connectivity index (χ3v) is 7.31. The van der Waals surface area contributed by atoms with E-state index in [0.717, 1.165) is 5.56 Å². The first-order valence-corrected chi connectivity index (χ1v) is 13.0. The summed E-state index contributed by atoms with van der Waals surface area (Å²) < 4.78 is 34.0. The van der Waals surface area contributed by atoms with Gasteiger partial charge in [-0.05, 0) is 12.5 Å². The summed E-state index contributed by atoms with van der Waals surface area (Å²) in [5.41, 5.74) is 0.743. The standard InChI is InChI=1S/C25H38O15/c1-10-14(28)17(31)22(35-9-11-5-3-2-4-6-11)25(36-10)40-21-19(33)23(34)37-13(8-27)20(21)39-24-18(32)16(30)15(29)12(7-26)38-24/h2-6,10,12-34H,7-9H2,1H3. The molecule has 15 unspecified atom stereocenters. The fraction of sp³-hybridized carbons (Fsp3) is 0.760. The largest absolute Gasteiger partial charge is 0.394 e. The van der Waals surface area contributed by atoms with Gasteiger partial charge >= 0.3 is 0 Å². The molecule has 4 rings (SSSR count). The van der Waals surface area contributed by atoms with Crippen molar-refractivity contribution in [2.45, 2.75) is 106 Å². The summed E-state index contributed by atoms with van der Waals surface area (Å²) in [5.74, 6) is 0. The summed E-state index contributed by atoms with van der Waals surface area (Å²) in [4.78, 5) is 0. The first kappa shape index (κ1) is 31.6. The van der Waals surface area contributed by atoms with Crippen molar-refractivity contribution in [2.24, 2.45) is 0 Å². The molecule has 15 nitrogen and oxygen atoms in total. The molecule has 0 spiro atoms.